The van der Waals surface area contributed by atoms with E-state index >= 15 is 0 Å². The first-order valence-corrected chi connectivity index (χ1v) is 9.75. The van der Waals surface area contributed by atoms with E-state index in [2.05, 4.69) is 4.90 Å². The van der Waals surface area contributed by atoms with Crippen LogP contribution in [-0.2, 0) is 9.59 Å². The van der Waals surface area contributed by atoms with Crippen molar-refractivity contribution in [2.24, 2.45) is 0 Å². The van der Waals surface area contributed by atoms with Gasteiger partial charge in [-0.3, -0.25) is 14.5 Å². The third kappa shape index (κ3) is 3.05. The fourth-order valence-electron chi connectivity index (χ4n) is 3.95. The molecule has 3 heterocycles. The van der Waals surface area contributed by atoms with Gasteiger partial charge in [-0.2, -0.15) is 0 Å². The number of rotatable bonds is 2. The summed E-state index contributed by atoms with van der Waals surface area (Å²) in [5.41, 5.74) is 0.878. The van der Waals surface area contributed by atoms with Crippen molar-refractivity contribution in [2.75, 3.05) is 43.4 Å². The normalized spacial score (nSPS) is 24.5. The zero-order valence-corrected chi connectivity index (χ0v) is 14.6. The van der Waals surface area contributed by atoms with Gasteiger partial charge in [-0.05, 0) is 31.5 Å². The van der Waals surface area contributed by atoms with Gasteiger partial charge in [0.25, 0.3) is 0 Å². The van der Waals surface area contributed by atoms with Crippen LogP contribution in [0.2, 0.25) is 0 Å². The molecule has 0 radical (unpaired) electrons. The van der Waals surface area contributed by atoms with E-state index in [0.717, 1.165) is 30.2 Å². The number of hydrogen-bond acceptors (Lipinski definition) is 4. The van der Waals surface area contributed by atoms with E-state index in [9.17, 15) is 9.59 Å². The molecule has 1 aromatic rings. The number of thioether (sulfide) groups is 1. The van der Waals surface area contributed by atoms with Crippen LogP contribution in [0.25, 0.3) is 0 Å². The minimum Gasteiger partial charge on any atom is -0.338 e. The van der Waals surface area contributed by atoms with Crippen LogP contribution in [0, 0.1) is 0 Å². The smallest absolute Gasteiger partial charge is 0.242 e. The number of para-hydroxylation sites is 1. The summed E-state index contributed by atoms with van der Waals surface area (Å²) >= 11 is 1.56. The predicted octanol–water partition coefficient (Wildman–Crippen LogP) is 1.82. The van der Waals surface area contributed by atoms with Crippen LogP contribution in [0.3, 0.4) is 0 Å². The van der Waals surface area contributed by atoms with Gasteiger partial charge >= 0.3 is 0 Å². The lowest BCUT2D eigenvalue weighted by Gasteiger charge is -2.44. The molecule has 2 amide bonds. The summed E-state index contributed by atoms with van der Waals surface area (Å²) in [7, 11) is 0. The number of carbonyl (C=O) groups excluding carboxylic acids is 2. The molecule has 6 heteroatoms. The summed E-state index contributed by atoms with van der Waals surface area (Å²) in [5.74, 6) is 0.527. The lowest BCUT2D eigenvalue weighted by molar-refractivity contribution is -0.134. The highest BCUT2D eigenvalue weighted by Gasteiger charge is 2.33. The van der Waals surface area contributed by atoms with Crippen molar-refractivity contribution in [2.45, 2.75) is 30.2 Å². The van der Waals surface area contributed by atoms with Crippen molar-refractivity contribution in [3.05, 3.63) is 24.3 Å². The van der Waals surface area contributed by atoms with Gasteiger partial charge in [-0.1, -0.05) is 18.6 Å². The van der Waals surface area contributed by atoms with Crippen molar-refractivity contribution in [3.8, 4) is 0 Å². The van der Waals surface area contributed by atoms with Gasteiger partial charge < -0.3 is 9.80 Å². The minimum absolute atomic E-state index is 0.0309. The van der Waals surface area contributed by atoms with Gasteiger partial charge in [0.1, 0.15) is 6.54 Å². The highest BCUT2D eigenvalue weighted by Crippen LogP contribution is 2.34. The van der Waals surface area contributed by atoms with Crippen LogP contribution in [-0.4, -0.2) is 66.1 Å². The highest BCUT2D eigenvalue weighted by atomic mass is 32.2. The Morgan fingerprint density at radius 1 is 1.17 bits per heavy atom. The Hall–Kier alpha value is -1.53. The van der Waals surface area contributed by atoms with E-state index in [0.29, 0.717) is 11.8 Å². The summed E-state index contributed by atoms with van der Waals surface area (Å²) in [6.07, 6.45) is 3.73. The lowest BCUT2D eigenvalue weighted by Crippen LogP contribution is -2.58. The molecule has 0 N–H and O–H groups in total. The second-order valence-electron chi connectivity index (χ2n) is 6.76. The maximum absolute atomic E-state index is 12.8. The van der Waals surface area contributed by atoms with E-state index in [1.54, 1.807) is 16.7 Å². The number of anilines is 1. The number of piperazine rings is 1. The third-order valence-corrected chi connectivity index (χ3v) is 6.34. The van der Waals surface area contributed by atoms with Gasteiger partial charge in [0.2, 0.25) is 11.8 Å². The molecule has 3 aliphatic heterocycles. The Morgan fingerprint density at radius 3 is 2.96 bits per heavy atom. The standard InChI is InChI=1S/C18H23N3O2S/c22-17(20-10-9-19-8-4-3-5-14(19)11-20)12-21-15-6-1-2-7-16(15)24-13-18(21)23/h1-2,6-7,14H,3-5,8-13H2. The zero-order chi connectivity index (χ0) is 16.5. The molecule has 1 unspecified atom stereocenters. The van der Waals surface area contributed by atoms with E-state index in [1.807, 2.05) is 29.2 Å². The summed E-state index contributed by atoms with van der Waals surface area (Å²) < 4.78 is 0. The fourth-order valence-corrected chi connectivity index (χ4v) is 4.88. The summed E-state index contributed by atoms with van der Waals surface area (Å²) in [5, 5.41) is 0. The largest absolute Gasteiger partial charge is 0.338 e. The number of nitrogens with zero attached hydrogens (tertiary/aromatic N) is 3. The lowest BCUT2D eigenvalue weighted by atomic mass is 9.99. The van der Waals surface area contributed by atoms with Crippen molar-refractivity contribution in [1.29, 1.82) is 0 Å². The van der Waals surface area contributed by atoms with Crippen LogP contribution in [0.1, 0.15) is 19.3 Å². The van der Waals surface area contributed by atoms with E-state index in [-0.39, 0.29) is 18.4 Å². The molecule has 0 aliphatic carbocycles. The van der Waals surface area contributed by atoms with Crippen LogP contribution in [0.15, 0.2) is 29.2 Å². The van der Waals surface area contributed by atoms with E-state index < -0.39 is 0 Å². The summed E-state index contributed by atoms with van der Waals surface area (Å²) in [6, 6.07) is 8.37. The van der Waals surface area contributed by atoms with Crippen molar-refractivity contribution >= 4 is 29.3 Å². The molecular formula is C18H23N3O2S. The topological polar surface area (TPSA) is 43.9 Å². The number of amides is 2. The molecule has 0 bridgehead atoms. The molecule has 2 saturated heterocycles. The molecule has 4 rings (SSSR count). The predicted molar refractivity (Wildman–Crippen MR) is 95.3 cm³/mol. The Kier molecular flexibility index (Phi) is 4.50. The van der Waals surface area contributed by atoms with E-state index in [4.69, 9.17) is 0 Å². The van der Waals surface area contributed by atoms with Crippen LogP contribution < -0.4 is 4.90 Å². The molecule has 1 aromatic carbocycles. The molecule has 5 nitrogen and oxygen atoms in total. The highest BCUT2D eigenvalue weighted by molar-refractivity contribution is 8.00. The molecule has 3 aliphatic rings. The second-order valence-corrected chi connectivity index (χ2v) is 7.78. The molecule has 24 heavy (non-hydrogen) atoms. The van der Waals surface area contributed by atoms with Gasteiger partial charge in [-0.15, -0.1) is 11.8 Å². The molecule has 0 aromatic heterocycles. The molecule has 0 saturated carbocycles. The number of hydrogen-bond donors (Lipinski definition) is 0. The van der Waals surface area contributed by atoms with Crippen molar-refractivity contribution < 1.29 is 9.59 Å². The van der Waals surface area contributed by atoms with Gasteiger partial charge in [-0.25, -0.2) is 0 Å². The molecule has 128 valence electrons. The molecule has 1 atom stereocenters. The Balaban J connectivity index is 1.45. The number of benzene rings is 1. The molecule has 2 fully saturated rings. The summed E-state index contributed by atoms with van der Waals surface area (Å²) in [4.78, 5) is 32.4. The Labute approximate surface area is 147 Å². The second kappa shape index (κ2) is 6.76. The first-order chi connectivity index (χ1) is 11.7. The van der Waals surface area contributed by atoms with Crippen LogP contribution in [0.4, 0.5) is 5.69 Å². The average molecular weight is 345 g/mol. The van der Waals surface area contributed by atoms with Gasteiger partial charge in [0.15, 0.2) is 0 Å². The molecular weight excluding hydrogens is 322 g/mol. The SMILES string of the molecule is O=C(CN1C(=O)CSc2ccccc21)N1CCN2CCCCC2C1. The van der Waals surface area contributed by atoms with Crippen molar-refractivity contribution in [3.63, 3.8) is 0 Å². The maximum Gasteiger partial charge on any atom is 0.242 e. The Bertz CT molecular complexity index is 651. The maximum atomic E-state index is 12.8. The Morgan fingerprint density at radius 2 is 2.04 bits per heavy atom. The zero-order valence-electron chi connectivity index (χ0n) is 13.8. The van der Waals surface area contributed by atoms with Gasteiger partial charge in [0.05, 0.1) is 11.4 Å². The average Bonchev–Trinajstić information content (AvgIpc) is 2.63. The van der Waals surface area contributed by atoms with Crippen LogP contribution in [0.5, 0.6) is 0 Å². The summed E-state index contributed by atoms with van der Waals surface area (Å²) in [6.45, 7) is 3.91. The number of piperidine rings is 1. The fraction of sp³-hybridized carbons (Fsp3) is 0.556. The quantitative estimate of drug-likeness (QED) is 0.820. The van der Waals surface area contributed by atoms with Crippen molar-refractivity contribution in [1.82, 2.24) is 9.80 Å². The van der Waals surface area contributed by atoms with Gasteiger partial charge in [0, 0.05) is 30.6 Å². The minimum atomic E-state index is 0.0309. The first-order valence-electron chi connectivity index (χ1n) is 8.76. The first kappa shape index (κ1) is 16.0. The molecule has 0 spiro atoms. The number of carbonyl (C=O) groups is 2. The number of fused-ring (bicyclic) bond motifs is 2. The monoisotopic (exact) mass is 345 g/mol. The van der Waals surface area contributed by atoms with E-state index in [1.165, 1.54) is 25.8 Å². The third-order valence-electron chi connectivity index (χ3n) is 5.29. The van der Waals surface area contributed by atoms with Crippen LogP contribution >= 0.6 is 11.8 Å².